The lowest BCUT2D eigenvalue weighted by atomic mass is 10.1. The summed E-state index contributed by atoms with van der Waals surface area (Å²) in [6.07, 6.45) is 0. The molecule has 0 fully saturated rings. The van der Waals surface area contributed by atoms with Gasteiger partial charge >= 0.3 is 5.97 Å². The van der Waals surface area contributed by atoms with E-state index >= 15 is 0 Å². The van der Waals surface area contributed by atoms with Crippen molar-refractivity contribution in [2.75, 3.05) is 6.61 Å². The third kappa shape index (κ3) is 3.27. The van der Waals surface area contributed by atoms with Gasteiger partial charge in [-0.3, -0.25) is 4.79 Å². The van der Waals surface area contributed by atoms with Crippen LogP contribution in [0.1, 0.15) is 39.0 Å². The highest BCUT2D eigenvalue weighted by atomic mass is 16.4. The largest absolute Gasteiger partial charge is 0.478 e. The Morgan fingerprint density at radius 1 is 1.22 bits per heavy atom. The molecule has 1 heterocycles. The normalized spacial score (nSPS) is 12.0. The number of aliphatic hydroxyl groups is 1. The Bertz CT molecular complexity index is 749. The highest BCUT2D eigenvalue weighted by Crippen LogP contribution is 2.23. The van der Waals surface area contributed by atoms with E-state index in [2.05, 4.69) is 5.32 Å². The minimum Gasteiger partial charge on any atom is -0.478 e. The number of carboxylic acid groups (broad SMARTS) is 1. The molecule has 0 aliphatic heterocycles. The number of carbonyl (C=O) groups is 2. The fraction of sp³-hybridized carbons (Fsp3) is 0.294. The third-order valence-corrected chi connectivity index (χ3v) is 3.70. The van der Waals surface area contributed by atoms with Crippen LogP contribution in [0.2, 0.25) is 0 Å². The lowest BCUT2D eigenvalue weighted by Crippen LogP contribution is -2.35. The van der Waals surface area contributed by atoms with Gasteiger partial charge in [-0.2, -0.15) is 0 Å². The van der Waals surface area contributed by atoms with Crippen molar-refractivity contribution in [1.82, 2.24) is 9.88 Å². The van der Waals surface area contributed by atoms with E-state index in [4.69, 9.17) is 5.11 Å². The molecule has 3 N–H and O–H groups in total. The molecule has 1 atom stereocenters. The molecular weight excluding hydrogens is 296 g/mol. The molecule has 0 unspecified atom stereocenters. The highest BCUT2D eigenvalue weighted by molar-refractivity contribution is 5.98. The second-order valence-electron chi connectivity index (χ2n) is 5.50. The van der Waals surface area contributed by atoms with Crippen LogP contribution in [0.25, 0.3) is 5.69 Å². The number of carbonyl (C=O) groups excluding carboxylic acids is 1. The van der Waals surface area contributed by atoms with Crippen molar-refractivity contribution in [3.63, 3.8) is 0 Å². The molecule has 2 rings (SSSR count). The molecule has 0 saturated heterocycles. The van der Waals surface area contributed by atoms with Crippen LogP contribution >= 0.6 is 0 Å². The van der Waals surface area contributed by atoms with Gasteiger partial charge in [0, 0.05) is 17.4 Å². The number of benzene rings is 1. The summed E-state index contributed by atoms with van der Waals surface area (Å²) in [7, 11) is 0. The zero-order valence-corrected chi connectivity index (χ0v) is 13.3. The summed E-state index contributed by atoms with van der Waals surface area (Å²) in [5.74, 6) is -1.31. The number of hydrogen-bond donors (Lipinski definition) is 3. The summed E-state index contributed by atoms with van der Waals surface area (Å²) >= 11 is 0. The predicted molar refractivity (Wildman–Crippen MR) is 86.2 cm³/mol. The van der Waals surface area contributed by atoms with E-state index in [9.17, 15) is 14.7 Å². The van der Waals surface area contributed by atoms with E-state index in [0.717, 1.165) is 5.69 Å². The van der Waals surface area contributed by atoms with Crippen LogP contribution < -0.4 is 5.32 Å². The molecule has 2 aromatic rings. The molecule has 1 aromatic heterocycles. The molecule has 0 bridgehead atoms. The van der Waals surface area contributed by atoms with E-state index < -0.39 is 5.97 Å². The molecule has 6 nitrogen and oxygen atoms in total. The van der Waals surface area contributed by atoms with Crippen molar-refractivity contribution >= 4 is 11.9 Å². The van der Waals surface area contributed by atoms with Crippen molar-refractivity contribution in [2.45, 2.75) is 26.8 Å². The molecule has 6 heteroatoms. The fourth-order valence-corrected chi connectivity index (χ4v) is 2.56. The van der Waals surface area contributed by atoms with Crippen molar-refractivity contribution < 1.29 is 19.8 Å². The van der Waals surface area contributed by atoms with E-state index in [1.165, 1.54) is 0 Å². The minimum absolute atomic E-state index is 0.154. The Kier molecular flexibility index (Phi) is 4.86. The Morgan fingerprint density at radius 2 is 1.87 bits per heavy atom. The zero-order chi connectivity index (χ0) is 17.1. The smallest absolute Gasteiger partial charge is 0.337 e. The first-order valence-electron chi connectivity index (χ1n) is 7.30. The van der Waals surface area contributed by atoms with Gasteiger partial charge in [0.25, 0.3) is 5.91 Å². The molecule has 122 valence electrons. The van der Waals surface area contributed by atoms with E-state index in [0.29, 0.717) is 16.9 Å². The van der Waals surface area contributed by atoms with Crippen LogP contribution in [0, 0.1) is 13.8 Å². The standard InChI is InChI=1S/C17H20N2O4/c1-10(9-20)18-16(21)13-6-4-5-7-15(13)19-11(2)8-14(12(19)3)17(22)23/h4-8,10,20H,9H2,1-3H3,(H,18,21)(H,22,23)/t10-/m1/s1. The van der Waals surface area contributed by atoms with Gasteiger partial charge in [-0.25, -0.2) is 4.79 Å². The van der Waals surface area contributed by atoms with Gasteiger partial charge in [0.05, 0.1) is 23.4 Å². The van der Waals surface area contributed by atoms with E-state index in [1.807, 2.05) is 0 Å². The Labute approximate surface area is 134 Å². The first-order chi connectivity index (χ1) is 10.9. The van der Waals surface area contributed by atoms with Gasteiger partial charge in [-0.1, -0.05) is 12.1 Å². The number of aromatic carboxylic acids is 1. The van der Waals surface area contributed by atoms with E-state index in [-0.39, 0.29) is 24.1 Å². The lowest BCUT2D eigenvalue weighted by Gasteiger charge is -2.16. The average Bonchev–Trinajstić information content (AvgIpc) is 2.82. The second-order valence-corrected chi connectivity index (χ2v) is 5.50. The third-order valence-electron chi connectivity index (χ3n) is 3.70. The van der Waals surface area contributed by atoms with Gasteiger partial charge < -0.3 is 20.1 Å². The maximum Gasteiger partial charge on any atom is 0.337 e. The monoisotopic (exact) mass is 316 g/mol. The van der Waals surface area contributed by atoms with Crippen molar-refractivity contribution in [2.24, 2.45) is 0 Å². The van der Waals surface area contributed by atoms with Gasteiger partial charge in [0.2, 0.25) is 0 Å². The van der Waals surface area contributed by atoms with Crippen LogP contribution in [0.3, 0.4) is 0 Å². The number of aryl methyl sites for hydroxylation is 1. The SMILES string of the molecule is Cc1cc(C(=O)O)c(C)n1-c1ccccc1C(=O)N[C@H](C)CO. The average molecular weight is 316 g/mol. The lowest BCUT2D eigenvalue weighted by molar-refractivity contribution is 0.0696. The van der Waals surface area contributed by atoms with Crippen molar-refractivity contribution in [1.29, 1.82) is 0 Å². The number of aliphatic hydroxyl groups excluding tert-OH is 1. The Balaban J connectivity index is 2.54. The molecular formula is C17H20N2O4. The summed E-state index contributed by atoms with van der Waals surface area (Å²) in [5.41, 5.74) is 2.53. The minimum atomic E-state index is -1.000. The Morgan fingerprint density at radius 3 is 2.43 bits per heavy atom. The summed E-state index contributed by atoms with van der Waals surface area (Å²) in [6, 6.07) is 8.20. The van der Waals surface area contributed by atoms with Crippen LogP contribution in [0.4, 0.5) is 0 Å². The molecule has 0 radical (unpaired) electrons. The van der Waals surface area contributed by atoms with Crippen LogP contribution in [-0.4, -0.2) is 39.3 Å². The maximum atomic E-state index is 12.4. The summed E-state index contributed by atoms with van der Waals surface area (Å²) < 4.78 is 1.75. The Hall–Kier alpha value is -2.60. The molecule has 0 aliphatic rings. The number of rotatable bonds is 5. The predicted octanol–water partition coefficient (Wildman–Crippen LogP) is 1.90. The van der Waals surface area contributed by atoms with Crippen molar-refractivity contribution in [3.05, 3.63) is 52.8 Å². The highest BCUT2D eigenvalue weighted by Gasteiger charge is 2.20. The van der Waals surface area contributed by atoms with Crippen LogP contribution in [0.15, 0.2) is 30.3 Å². The number of carboxylic acids is 1. The molecule has 23 heavy (non-hydrogen) atoms. The number of nitrogens with zero attached hydrogens (tertiary/aromatic N) is 1. The van der Waals surface area contributed by atoms with Crippen LogP contribution in [0.5, 0.6) is 0 Å². The molecule has 1 aromatic carbocycles. The molecule has 0 spiro atoms. The van der Waals surface area contributed by atoms with Gasteiger partial charge in [0.1, 0.15) is 0 Å². The summed E-state index contributed by atoms with van der Waals surface area (Å²) in [6.45, 7) is 5.06. The first-order valence-corrected chi connectivity index (χ1v) is 7.30. The number of hydrogen-bond acceptors (Lipinski definition) is 3. The number of aromatic nitrogens is 1. The quantitative estimate of drug-likeness (QED) is 0.785. The van der Waals surface area contributed by atoms with Crippen LogP contribution in [-0.2, 0) is 0 Å². The first kappa shape index (κ1) is 16.8. The summed E-state index contributed by atoms with van der Waals surface area (Å²) in [4.78, 5) is 23.7. The van der Waals surface area contributed by atoms with Gasteiger partial charge in [-0.05, 0) is 39.0 Å². The van der Waals surface area contributed by atoms with Crippen molar-refractivity contribution in [3.8, 4) is 5.69 Å². The molecule has 0 aliphatic carbocycles. The maximum absolute atomic E-state index is 12.4. The molecule has 1 amide bonds. The number of nitrogens with one attached hydrogen (secondary N) is 1. The van der Waals surface area contributed by atoms with E-state index in [1.54, 1.807) is 55.7 Å². The summed E-state index contributed by atoms with van der Waals surface area (Å²) in [5, 5.41) is 21.0. The fourth-order valence-electron chi connectivity index (χ4n) is 2.56. The topological polar surface area (TPSA) is 91.6 Å². The molecule has 0 saturated carbocycles. The van der Waals surface area contributed by atoms with Gasteiger partial charge in [-0.15, -0.1) is 0 Å². The van der Waals surface area contributed by atoms with Gasteiger partial charge in [0.15, 0.2) is 0 Å². The number of para-hydroxylation sites is 1. The second kappa shape index (κ2) is 6.66. The zero-order valence-electron chi connectivity index (χ0n) is 13.3. The number of amides is 1.